The van der Waals surface area contributed by atoms with Crippen LogP contribution >= 0.6 is 7.75 Å². The van der Waals surface area contributed by atoms with Crippen LogP contribution in [0.5, 0.6) is 5.75 Å². The summed E-state index contributed by atoms with van der Waals surface area (Å²) in [6.45, 7) is 3.49. The van der Waals surface area contributed by atoms with Crippen LogP contribution in [0.2, 0.25) is 0 Å². The molecule has 294 valence electrons. The van der Waals surface area contributed by atoms with Crippen molar-refractivity contribution in [2.75, 3.05) is 18.9 Å². The molecule has 3 rings (SSSR count). The Bertz CT molecular complexity index is 1590. The number of ether oxygens (including phenoxy) is 1. The van der Waals surface area contributed by atoms with Crippen molar-refractivity contribution in [2.45, 2.75) is 135 Å². The van der Waals surface area contributed by atoms with E-state index in [0.717, 1.165) is 30.3 Å². The average molecular weight is 761 g/mol. The predicted molar refractivity (Wildman–Crippen MR) is 203 cm³/mol. The number of carbonyl (C=O) groups is 1. The Labute approximate surface area is 313 Å². The first kappa shape index (κ1) is 43.8. The number of nitrogens with zero attached hydrogens (tertiary/aromatic N) is 4. The number of imidazole rings is 1. The molecule has 1 aromatic carbocycles. The van der Waals surface area contributed by atoms with Crippen molar-refractivity contribution < 1.29 is 37.7 Å². The molecule has 0 saturated carbocycles. The molecule has 0 aliphatic rings. The molecule has 0 saturated heterocycles. The standard InChI is InChI=1S/C38H58FN6O7P/c1-4-6-7-8-9-10-11-12-13-14-15-16-17-18-22-25-50-37(48)29(3)44-53(49,52-31-23-20-19-21-24-31)51-27-30(5-2)32(46)26-33(47)45-28-41-34-35(40)42-38(39)43-36(34)45/h2,19-21,23-24,28-30,32-33,46-47H,4,6-18,22,25-27H2,1,3H3,(H,44,49)(H2,40,42,43)/t29-,30?,32-,33+,53?/m0/s1. The third-order valence-corrected chi connectivity index (χ3v) is 10.6. The Morgan fingerprint density at radius 3 is 2.15 bits per heavy atom. The van der Waals surface area contributed by atoms with Gasteiger partial charge < -0.3 is 25.2 Å². The van der Waals surface area contributed by atoms with Crippen molar-refractivity contribution in [3.8, 4) is 18.1 Å². The number of rotatable bonds is 28. The summed E-state index contributed by atoms with van der Waals surface area (Å²) in [7, 11) is -4.27. The maximum absolute atomic E-state index is 13.9. The molecular weight excluding hydrogens is 702 g/mol. The van der Waals surface area contributed by atoms with Crippen LogP contribution in [0.1, 0.15) is 123 Å². The minimum absolute atomic E-state index is 0.0734. The Morgan fingerprint density at radius 2 is 1.57 bits per heavy atom. The molecule has 0 aliphatic carbocycles. The van der Waals surface area contributed by atoms with Gasteiger partial charge in [0.1, 0.15) is 18.0 Å². The number of hydrogen-bond acceptors (Lipinski definition) is 11. The van der Waals surface area contributed by atoms with Gasteiger partial charge in [-0.1, -0.05) is 121 Å². The van der Waals surface area contributed by atoms with Crippen molar-refractivity contribution in [3.63, 3.8) is 0 Å². The van der Waals surface area contributed by atoms with Crippen LogP contribution in [0.3, 0.4) is 0 Å². The summed E-state index contributed by atoms with van der Waals surface area (Å²) in [6, 6.07) is 7.16. The monoisotopic (exact) mass is 760 g/mol. The van der Waals surface area contributed by atoms with E-state index in [9.17, 15) is 24.0 Å². The lowest BCUT2D eigenvalue weighted by molar-refractivity contribution is -0.145. The van der Waals surface area contributed by atoms with Gasteiger partial charge in [-0.25, -0.2) is 9.55 Å². The van der Waals surface area contributed by atoms with Gasteiger partial charge in [-0.2, -0.15) is 19.4 Å². The van der Waals surface area contributed by atoms with Gasteiger partial charge in [0.25, 0.3) is 0 Å². The van der Waals surface area contributed by atoms with E-state index >= 15 is 0 Å². The van der Waals surface area contributed by atoms with Gasteiger partial charge in [-0.3, -0.25) is 13.9 Å². The fourth-order valence-corrected chi connectivity index (χ4v) is 7.36. The Balaban J connectivity index is 1.42. The topological polar surface area (TPSA) is 184 Å². The third kappa shape index (κ3) is 15.7. The molecular formula is C38H58FN6O7P. The van der Waals surface area contributed by atoms with Crippen molar-refractivity contribution >= 4 is 30.7 Å². The highest BCUT2D eigenvalue weighted by molar-refractivity contribution is 7.52. The van der Waals surface area contributed by atoms with Crippen LogP contribution in [-0.2, 0) is 18.6 Å². The zero-order chi connectivity index (χ0) is 38.5. The number of nitrogens with one attached hydrogen (secondary N) is 1. The summed E-state index contributed by atoms with van der Waals surface area (Å²) in [5, 5.41) is 24.3. The molecule has 53 heavy (non-hydrogen) atoms. The van der Waals surface area contributed by atoms with Gasteiger partial charge in [0.05, 0.1) is 31.6 Å². The maximum atomic E-state index is 13.9. The van der Waals surface area contributed by atoms with E-state index in [1.54, 1.807) is 30.3 Å². The highest BCUT2D eigenvalue weighted by Gasteiger charge is 2.34. The predicted octanol–water partition coefficient (Wildman–Crippen LogP) is 7.64. The van der Waals surface area contributed by atoms with E-state index in [2.05, 4.69) is 32.9 Å². The van der Waals surface area contributed by atoms with Gasteiger partial charge in [-0.15, -0.1) is 6.42 Å². The number of anilines is 1. The molecule has 2 aromatic heterocycles. The Morgan fingerprint density at radius 1 is 0.981 bits per heavy atom. The lowest BCUT2D eigenvalue weighted by Crippen LogP contribution is -2.36. The quantitative estimate of drug-likeness (QED) is 0.0187. The second-order valence-corrected chi connectivity index (χ2v) is 15.1. The molecule has 0 radical (unpaired) electrons. The lowest BCUT2D eigenvalue weighted by Gasteiger charge is -2.26. The first-order valence-electron chi connectivity index (χ1n) is 19.0. The molecule has 5 N–H and O–H groups in total. The molecule has 2 heterocycles. The normalized spacial score (nSPS) is 14.9. The molecule has 3 aromatic rings. The summed E-state index contributed by atoms with van der Waals surface area (Å²) in [4.78, 5) is 23.9. The number of carbonyl (C=O) groups excluding carboxylic acids is 1. The van der Waals surface area contributed by atoms with E-state index in [4.69, 9.17) is 25.9 Å². The molecule has 5 atom stereocenters. The van der Waals surface area contributed by atoms with Gasteiger partial charge >= 0.3 is 19.8 Å². The van der Waals surface area contributed by atoms with E-state index in [1.165, 1.54) is 83.9 Å². The number of nitrogen functional groups attached to an aromatic ring is 1. The number of halogens is 1. The summed E-state index contributed by atoms with van der Waals surface area (Å²) in [6.07, 6.45) is 21.1. The SMILES string of the molecule is C#CC(COP(=O)(N[C@@H](C)C(=O)OCCCCCCCCCCCCCCCCC)Oc1ccccc1)[C@@H](O)C[C@@H](O)n1cnc2c(N)nc(F)nc21. The number of para-hydroxylation sites is 1. The van der Waals surface area contributed by atoms with Gasteiger partial charge in [0.2, 0.25) is 0 Å². The maximum Gasteiger partial charge on any atom is 0.459 e. The van der Waals surface area contributed by atoms with Crippen molar-refractivity contribution in [1.29, 1.82) is 0 Å². The fourth-order valence-electron chi connectivity index (χ4n) is 5.84. The number of aliphatic hydroxyl groups is 2. The van der Waals surface area contributed by atoms with Crippen LogP contribution < -0.4 is 15.3 Å². The zero-order valence-corrected chi connectivity index (χ0v) is 32.1. The number of hydrogen-bond donors (Lipinski definition) is 4. The van der Waals surface area contributed by atoms with Crippen LogP contribution in [0, 0.1) is 24.3 Å². The molecule has 0 spiro atoms. The number of esters is 1. The van der Waals surface area contributed by atoms with E-state index in [-0.39, 0.29) is 35.8 Å². The zero-order valence-electron chi connectivity index (χ0n) is 31.2. The minimum atomic E-state index is -4.27. The Hall–Kier alpha value is -3.60. The summed E-state index contributed by atoms with van der Waals surface area (Å²) < 4.78 is 45.6. The van der Waals surface area contributed by atoms with Crippen LogP contribution in [0.25, 0.3) is 11.2 Å². The van der Waals surface area contributed by atoms with Crippen LogP contribution in [0.15, 0.2) is 36.7 Å². The molecule has 0 aliphatic heterocycles. The first-order chi connectivity index (χ1) is 25.6. The number of terminal acetylenes is 1. The summed E-state index contributed by atoms with van der Waals surface area (Å²) in [5.74, 6) is 0.666. The number of nitrogens with two attached hydrogens (primary N) is 1. The van der Waals surface area contributed by atoms with Gasteiger partial charge in [0.15, 0.2) is 17.0 Å². The van der Waals surface area contributed by atoms with Gasteiger partial charge in [-0.05, 0) is 25.5 Å². The fraction of sp³-hybridized carbons (Fsp3) is 0.632. The second kappa shape index (κ2) is 23.9. The van der Waals surface area contributed by atoms with E-state index in [1.807, 2.05) is 0 Å². The Kier molecular flexibility index (Phi) is 19.8. The number of aliphatic hydroxyl groups excluding tert-OH is 2. The smallest absolute Gasteiger partial charge is 0.459 e. The minimum Gasteiger partial charge on any atom is -0.465 e. The van der Waals surface area contributed by atoms with E-state index in [0.29, 0.717) is 0 Å². The van der Waals surface area contributed by atoms with Crippen LogP contribution in [-0.4, -0.2) is 61.1 Å². The van der Waals surface area contributed by atoms with Crippen LogP contribution in [0.4, 0.5) is 10.2 Å². The lowest BCUT2D eigenvalue weighted by atomic mass is 10.0. The van der Waals surface area contributed by atoms with Crippen molar-refractivity contribution in [1.82, 2.24) is 24.6 Å². The number of fused-ring (bicyclic) bond motifs is 1. The molecule has 0 amide bonds. The highest BCUT2D eigenvalue weighted by atomic mass is 31.2. The molecule has 13 nitrogen and oxygen atoms in total. The van der Waals surface area contributed by atoms with Crippen molar-refractivity contribution in [2.24, 2.45) is 5.92 Å². The summed E-state index contributed by atoms with van der Waals surface area (Å²) >= 11 is 0. The molecule has 0 fully saturated rings. The van der Waals surface area contributed by atoms with Gasteiger partial charge in [0, 0.05) is 6.42 Å². The third-order valence-electron chi connectivity index (χ3n) is 8.96. The average Bonchev–Trinajstić information content (AvgIpc) is 3.56. The molecule has 2 unspecified atom stereocenters. The van der Waals surface area contributed by atoms with E-state index < -0.39 is 50.7 Å². The largest absolute Gasteiger partial charge is 0.465 e. The number of aromatic nitrogens is 4. The molecule has 0 bridgehead atoms. The summed E-state index contributed by atoms with van der Waals surface area (Å²) in [5.41, 5.74) is 5.69. The molecule has 15 heteroatoms. The number of unbranched alkanes of at least 4 members (excludes halogenated alkanes) is 14. The second-order valence-electron chi connectivity index (χ2n) is 13.4. The number of benzene rings is 1. The highest BCUT2D eigenvalue weighted by Crippen LogP contribution is 2.45. The first-order valence-corrected chi connectivity index (χ1v) is 20.5. The van der Waals surface area contributed by atoms with Crippen molar-refractivity contribution in [3.05, 3.63) is 42.7 Å².